The predicted molar refractivity (Wildman–Crippen MR) is 40.8 cm³/mol. The monoisotopic (exact) mass is 139 g/mol. The van der Waals surface area contributed by atoms with Gasteiger partial charge in [-0.3, -0.25) is 4.79 Å². The van der Waals surface area contributed by atoms with E-state index < -0.39 is 0 Å². The van der Waals surface area contributed by atoms with Gasteiger partial charge in [0.05, 0.1) is 0 Å². The van der Waals surface area contributed by atoms with Crippen LogP contribution in [0.1, 0.15) is 12.8 Å². The summed E-state index contributed by atoms with van der Waals surface area (Å²) < 4.78 is 0. The van der Waals surface area contributed by atoms with E-state index in [1.807, 2.05) is 0 Å². The number of piperidine rings is 1. The van der Waals surface area contributed by atoms with Gasteiger partial charge in [-0.2, -0.15) is 0 Å². The van der Waals surface area contributed by atoms with Crippen molar-refractivity contribution in [2.75, 3.05) is 13.1 Å². The van der Waals surface area contributed by atoms with Crippen LogP contribution in [0.4, 0.5) is 0 Å². The van der Waals surface area contributed by atoms with Crippen molar-refractivity contribution >= 4 is 5.78 Å². The Morgan fingerprint density at radius 3 is 3.00 bits per heavy atom. The highest BCUT2D eigenvalue weighted by atomic mass is 16.1. The third-order valence-corrected chi connectivity index (χ3v) is 1.90. The van der Waals surface area contributed by atoms with Gasteiger partial charge in [0.2, 0.25) is 0 Å². The van der Waals surface area contributed by atoms with Gasteiger partial charge < -0.3 is 5.32 Å². The molecule has 0 radical (unpaired) electrons. The molecule has 1 rings (SSSR count). The summed E-state index contributed by atoms with van der Waals surface area (Å²) in [5.41, 5.74) is 0. The first-order valence-electron chi connectivity index (χ1n) is 3.71. The predicted octanol–water partition coefficient (Wildman–Crippen LogP) is 0.741. The van der Waals surface area contributed by atoms with E-state index in [1.54, 1.807) is 0 Å². The molecule has 1 N–H and O–H groups in total. The fourth-order valence-electron chi connectivity index (χ4n) is 1.26. The first-order chi connectivity index (χ1) is 4.84. The maximum absolute atomic E-state index is 11.0. The number of hydrogen-bond donors (Lipinski definition) is 1. The Hall–Kier alpha value is -0.630. The molecule has 0 spiro atoms. The van der Waals surface area contributed by atoms with Gasteiger partial charge in [0.1, 0.15) is 0 Å². The Morgan fingerprint density at radius 1 is 1.70 bits per heavy atom. The van der Waals surface area contributed by atoms with Gasteiger partial charge >= 0.3 is 0 Å². The smallest absolute Gasteiger partial charge is 0.159 e. The van der Waals surface area contributed by atoms with Gasteiger partial charge in [-0.25, -0.2) is 0 Å². The molecule has 0 unspecified atom stereocenters. The summed E-state index contributed by atoms with van der Waals surface area (Å²) in [5, 5.41) is 3.18. The molecule has 0 aromatic rings. The highest BCUT2D eigenvalue weighted by Crippen LogP contribution is 2.10. The van der Waals surface area contributed by atoms with Crippen LogP contribution in [0.2, 0.25) is 0 Å². The molecule has 1 aliphatic rings. The molecule has 1 aliphatic heterocycles. The number of carbonyl (C=O) groups excluding carboxylic acids is 1. The molecule has 0 amide bonds. The van der Waals surface area contributed by atoms with E-state index in [2.05, 4.69) is 11.9 Å². The van der Waals surface area contributed by atoms with E-state index in [-0.39, 0.29) is 11.7 Å². The molecule has 2 nitrogen and oxygen atoms in total. The quantitative estimate of drug-likeness (QED) is 0.572. The second-order valence-electron chi connectivity index (χ2n) is 2.65. The largest absolute Gasteiger partial charge is 0.316 e. The normalized spacial score (nSPS) is 25.8. The van der Waals surface area contributed by atoms with Crippen molar-refractivity contribution in [2.24, 2.45) is 5.92 Å². The van der Waals surface area contributed by atoms with Crippen LogP contribution in [-0.4, -0.2) is 18.9 Å². The highest BCUT2D eigenvalue weighted by Gasteiger charge is 2.17. The van der Waals surface area contributed by atoms with E-state index in [9.17, 15) is 4.79 Å². The van der Waals surface area contributed by atoms with Crippen LogP contribution in [0.25, 0.3) is 0 Å². The second kappa shape index (κ2) is 3.52. The molecule has 0 bridgehead atoms. The van der Waals surface area contributed by atoms with Gasteiger partial charge in [0.25, 0.3) is 0 Å². The lowest BCUT2D eigenvalue weighted by Gasteiger charge is -2.19. The van der Waals surface area contributed by atoms with Crippen molar-refractivity contribution < 1.29 is 4.79 Å². The van der Waals surface area contributed by atoms with Crippen molar-refractivity contribution in [3.8, 4) is 0 Å². The molecular weight excluding hydrogens is 126 g/mol. The molecule has 0 aliphatic carbocycles. The zero-order valence-corrected chi connectivity index (χ0v) is 6.10. The summed E-state index contributed by atoms with van der Waals surface area (Å²) in [6.45, 7) is 5.35. The van der Waals surface area contributed by atoms with E-state index >= 15 is 0 Å². The third kappa shape index (κ3) is 1.67. The van der Waals surface area contributed by atoms with Gasteiger partial charge in [-0.1, -0.05) is 6.58 Å². The van der Waals surface area contributed by atoms with E-state index in [0.29, 0.717) is 0 Å². The Kier molecular flexibility index (Phi) is 2.63. The Labute approximate surface area is 61.3 Å². The molecule has 1 fully saturated rings. The van der Waals surface area contributed by atoms with Crippen LogP contribution in [-0.2, 0) is 4.79 Å². The maximum atomic E-state index is 11.0. The molecule has 1 heterocycles. The molecule has 56 valence electrons. The standard InChI is InChI=1S/C8H13NO/c1-2-8(10)7-4-3-5-9-6-7/h2,7,9H,1,3-6H2/t7-/m1/s1. The summed E-state index contributed by atoms with van der Waals surface area (Å²) in [4.78, 5) is 11.0. The summed E-state index contributed by atoms with van der Waals surface area (Å²) in [6, 6.07) is 0. The first kappa shape index (κ1) is 7.48. The number of rotatable bonds is 2. The molecule has 0 aromatic heterocycles. The molecule has 1 atom stereocenters. The molecule has 1 saturated heterocycles. The van der Waals surface area contributed by atoms with Gasteiger partial charge in [0.15, 0.2) is 5.78 Å². The summed E-state index contributed by atoms with van der Waals surface area (Å²) in [7, 11) is 0. The van der Waals surface area contributed by atoms with Gasteiger partial charge in [-0.05, 0) is 25.5 Å². The number of carbonyl (C=O) groups is 1. The lowest BCUT2D eigenvalue weighted by Crippen LogP contribution is -2.33. The van der Waals surface area contributed by atoms with Gasteiger partial charge in [0, 0.05) is 12.5 Å². The lowest BCUT2D eigenvalue weighted by molar-refractivity contribution is -0.118. The SMILES string of the molecule is C=CC(=O)[C@@H]1CCCNC1. The van der Waals surface area contributed by atoms with Crippen molar-refractivity contribution in [3.05, 3.63) is 12.7 Å². The second-order valence-corrected chi connectivity index (χ2v) is 2.65. The Morgan fingerprint density at radius 2 is 2.50 bits per heavy atom. The van der Waals surface area contributed by atoms with Crippen molar-refractivity contribution in [1.29, 1.82) is 0 Å². The maximum Gasteiger partial charge on any atom is 0.159 e. The minimum Gasteiger partial charge on any atom is -0.316 e. The average molecular weight is 139 g/mol. The van der Waals surface area contributed by atoms with Crippen molar-refractivity contribution in [3.63, 3.8) is 0 Å². The van der Waals surface area contributed by atoms with Crippen molar-refractivity contribution in [1.82, 2.24) is 5.32 Å². The van der Waals surface area contributed by atoms with Crippen LogP contribution < -0.4 is 5.32 Å². The van der Waals surface area contributed by atoms with Crippen LogP contribution in [0.5, 0.6) is 0 Å². The molecule has 0 aromatic carbocycles. The van der Waals surface area contributed by atoms with Crippen LogP contribution in [0.15, 0.2) is 12.7 Å². The van der Waals surface area contributed by atoms with Crippen LogP contribution in [0.3, 0.4) is 0 Å². The molecule has 2 heteroatoms. The third-order valence-electron chi connectivity index (χ3n) is 1.90. The fourth-order valence-corrected chi connectivity index (χ4v) is 1.26. The fraction of sp³-hybridized carbons (Fsp3) is 0.625. The Bertz CT molecular complexity index is 136. The number of allylic oxidation sites excluding steroid dienone is 1. The number of hydrogen-bond acceptors (Lipinski definition) is 2. The van der Waals surface area contributed by atoms with E-state index in [0.717, 1.165) is 25.9 Å². The van der Waals surface area contributed by atoms with Gasteiger partial charge in [-0.15, -0.1) is 0 Å². The zero-order valence-electron chi connectivity index (χ0n) is 6.10. The number of ketones is 1. The van der Waals surface area contributed by atoms with Crippen LogP contribution in [0, 0.1) is 5.92 Å². The minimum absolute atomic E-state index is 0.187. The summed E-state index contributed by atoms with van der Waals surface area (Å²) in [6.07, 6.45) is 3.57. The highest BCUT2D eigenvalue weighted by molar-refractivity contribution is 5.91. The van der Waals surface area contributed by atoms with E-state index in [4.69, 9.17) is 0 Å². The zero-order chi connectivity index (χ0) is 7.40. The molecule has 0 saturated carbocycles. The van der Waals surface area contributed by atoms with Crippen molar-refractivity contribution in [2.45, 2.75) is 12.8 Å². The Balaban J connectivity index is 2.38. The number of nitrogens with one attached hydrogen (secondary N) is 1. The summed E-state index contributed by atoms with van der Waals surface area (Å²) >= 11 is 0. The lowest BCUT2D eigenvalue weighted by atomic mass is 9.95. The average Bonchev–Trinajstić information content (AvgIpc) is 2.05. The van der Waals surface area contributed by atoms with Crippen LogP contribution >= 0.6 is 0 Å². The van der Waals surface area contributed by atoms with E-state index in [1.165, 1.54) is 6.08 Å². The summed E-state index contributed by atoms with van der Waals surface area (Å²) in [5.74, 6) is 0.387. The minimum atomic E-state index is 0.187. The molecular formula is C8H13NO. The first-order valence-corrected chi connectivity index (χ1v) is 3.71. The molecule has 10 heavy (non-hydrogen) atoms. The topological polar surface area (TPSA) is 29.1 Å².